The van der Waals surface area contributed by atoms with Crippen LogP contribution in [0.1, 0.15) is 57.9 Å². The van der Waals surface area contributed by atoms with Gasteiger partial charge in [-0.05, 0) is 57.0 Å². The lowest BCUT2D eigenvalue weighted by Crippen LogP contribution is -2.65. The predicted molar refractivity (Wildman–Crippen MR) is 165 cm³/mol. The molecular formula is C32H45N7O. The zero-order valence-electron chi connectivity index (χ0n) is 25.1. The Morgan fingerprint density at radius 3 is 2.58 bits per heavy atom. The van der Waals surface area contributed by atoms with Gasteiger partial charge in [-0.3, -0.25) is 14.6 Å². The molecule has 4 heterocycles. The number of rotatable bonds is 7. The molecule has 1 N–H and O–H groups in total. The minimum atomic E-state index is -0.183. The van der Waals surface area contributed by atoms with Crippen LogP contribution in [-0.4, -0.2) is 77.7 Å². The number of nitriles is 1. The van der Waals surface area contributed by atoms with Gasteiger partial charge in [0.25, 0.3) is 0 Å². The van der Waals surface area contributed by atoms with E-state index in [1.807, 2.05) is 32.0 Å². The van der Waals surface area contributed by atoms with E-state index in [2.05, 4.69) is 70.5 Å². The Bertz CT molecular complexity index is 1390. The van der Waals surface area contributed by atoms with Crippen LogP contribution in [0.5, 0.6) is 0 Å². The van der Waals surface area contributed by atoms with Crippen LogP contribution in [-0.2, 0) is 6.54 Å². The second-order valence-electron chi connectivity index (χ2n) is 10.7. The van der Waals surface area contributed by atoms with Crippen LogP contribution < -0.4 is 15.4 Å². The SMILES string of the molecule is CC.CCCN(CC)c1ccc(CN2CCN3C(C)CN(c4ccc(C#N)c5[nH]c(=O)ccc45)CC3C2)c(C)n1. The molecule has 3 aromatic rings. The Morgan fingerprint density at radius 2 is 1.88 bits per heavy atom. The number of aryl methyl sites for hydroxylation is 1. The quantitative estimate of drug-likeness (QED) is 0.460. The number of hydrogen-bond acceptors (Lipinski definition) is 7. The predicted octanol–water partition coefficient (Wildman–Crippen LogP) is 4.76. The first kappa shape index (κ1) is 29.6. The molecule has 2 unspecified atom stereocenters. The summed E-state index contributed by atoms with van der Waals surface area (Å²) >= 11 is 0. The van der Waals surface area contributed by atoms with E-state index in [0.29, 0.717) is 23.2 Å². The van der Waals surface area contributed by atoms with Crippen molar-refractivity contribution in [2.45, 2.75) is 66.6 Å². The van der Waals surface area contributed by atoms with Crippen LogP contribution in [0.4, 0.5) is 11.5 Å². The van der Waals surface area contributed by atoms with Gasteiger partial charge in [0.2, 0.25) is 5.56 Å². The van der Waals surface area contributed by atoms with Gasteiger partial charge in [-0.2, -0.15) is 5.26 Å². The van der Waals surface area contributed by atoms with Gasteiger partial charge in [-0.1, -0.05) is 26.8 Å². The molecule has 40 heavy (non-hydrogen) atoms. The van der Waals surface area contributed by atoms with Crippen LogP contribution in [0.3, 0.4) is 0 Å². The topological polar surface area (TPSA) is 82.5 Å². The maximum atomic E-state index is 12.0. The summed E-state index contributed by atoms with van der Waals surface area (Å²) in [6.45, 7) is 20.7. The molecule has 2 atom stereocenters. The Balaban J connectivity index is 0.00000181. The van der Waals surface area contributed by atoms with E-state index in [1.54, 1.807) is 6.07 Å². The van der Waals surface area contributed by atoms with Gasteiger partial charge in [-0.15, -0.1) is 0 Å². The number of nitrogens with one attached hydrogen (secondary N) is 1. The number of anilines is 2. The van der Waals surface area contributed by atoms with Crippen molar-refractivity contribution in [2.24, 2.45) is 0 Å². The largest absolute Gasteiger partial charge is 0.368 e. The van der Waals surface area contributed by atoms with Gasteiger partial charge in [0.05, 0.1) is 11.1 Å². The minimum absolute atomic E-state index is 0.183. The fraction of sp³-hybridized carbons (Fsp3) is 0.531. The first-order valence-corrected chi connectivity index (χ1v) is 14.9. The molecule has 0 saturated carbocycles. The number of fused-ring (bicyclic) bond motifs is 2. The Morgan fingerprint density at radius 1 is 1.07 bits per heavy atom. The average molecular weight is 544 g/mol. The van der Waals surface area contributed by atoms with Gasteiger partial charge in [0.1, 0.15) is 11.9 Å². The molecule has 2 aromatic heterocycles. The summed E-state index contributed by atoms with van der Waals surface area (Å²) < 4.78 is 0. The lowest BCUT2D eigenvalue weighted by Gasteiger charge is -2.51. The van der Waals surface area contributed by atoms with Crippen molar-refractivity contribution < 1.29 is 0 Å². The summed E-state index contributed by atoms with van der Waals surface area (Å²) in [7, 11) is 0. The van der Waals surface area contributed by atoms with E-state index < -0.39 is 0 Å². The Kier molecular flexibility index (Phi) is 9.83. The molecule has 2 saturated heterocycles. The van der Waals surface area contributed by atoms with Crippen molar-refractivity contribution in [3.05, 3.63) is 63.6 Å². The smallest absolute Gasteiger partial charge is 0.248 e. The van der Waals surface area contributed by atoms with Gasteiger partial charge in [-0.25, -0.2) is 4.98 Å². The van der Waals surface area contributed by atoms with Crippen molar-refractivity contribution in [1.82, 2.24) is 19.8 Å². The lowest BCUT2D eigenvalue weighted by molar-refractivity contribution is 0.0316. The molecule has 2 aliphatic rings. The summed E-state index contributed by atoms with van der Waals surface area (Å²) in [4.78, 5) is 29.8. The number of hydrogen-bond donors (Lipinski definition) is 1. The molecule has 0 radical (unpaired) electrons. The zero-order chi connectivity index (χ0) is 28.8. The monoisotopic (exact) mass is 543 g/mol. The zero-order valence-corrected chi connectivity index (χ0v) is 25.1. The molecule has 0 bridgehead atoms. The third-order valence-corrected chi connectivity index (χ3v) is 8.20. The molecular weight excluding hydrogens is 498 g/mol. The highest BCUT2D eigenvalue weighted by molar-refractivity contribution is 5.95. The minimum Gasteiger partial charge on any atom is -0.368 e. The van der Waals surface area contributed by atoms with Crippen LogP contribution in [0.25, 0.3) is 10.9 Å². The normalized spacial score (nSPS) is 19.5. The van der Waals surface area contributed by atoms with E-state index in [-0.39, 0.29) is 5.56 Å². The molecule has 5 rings (SSSR count). The van der Waals surface area contributed by atoms with Gasteiger partial charge in [0, 0.05) is 87.3 Å². The molecule has 0 amide bonds. The van der Waals surface area contributed by atoms with E-state index in [0.717, 1.165) is 81.4 Å². The number of nitrogens with zero attached hydrogens (tertiary/aromatic N) is 6. The van der Waals surface area contributed by atoms with Crippen LogP contribution in [0.2, 0.25) is 0 Å². The van der Waals surface area contributed by atoms with Crippen LogP contribution in [0, 0.1) is 18.3 Å². The van der Waals surface area contributed by atoms with Crippen molar-refractivity contribution in [2.75, 3.05) is 55.6 Å². The summed E-state index contributed by atoms with van der Waals surface area (Å²) in [6.07, 6.45) is 1.12. The van der Waals surface area contributed by atoms with Crippen molar-refractivity contribution >= 4 is 22.4 Å². The second-order valence-corrected chi connectivity index (χ2v) is 10.7. The standard InChI is InChI=1S/C30H39N7O.C2H6/c1-5-13-35(6-2)28-11-8-24(22(4)32-28)18-34-14-15-37-21(3)17-36(20-25(37)19-34)27-10-7-23(16-31)30-26(27)9-12-29(38)33-30;1-2/h7-12,21,25H,5-6,13-15,17-20H2,1-4H3,(H,33,38);1-2H3. The maximum Gasteiger partial charge on any atom is 0.248 e. The summed E-state index contributed by atoms with van der Waals surface area (Å²) in [5.41, 5.74) is 4.46. The van der Waals surface area contributed by atoms with Gasteiger partial charge < -0.3 is 14.8 Å². The number of aromatic amines is 1. The summed E-state index contributed by atoms with van der Waals surface area (Å²) in [5, 5.41) is 10.5. The summed E-state index contributed by atoms with van der Waals surface area (Å²) in [6, 6.07) is 14.8. The second kappa shape index (κ2) is 13.3. The number of pyridine rings is 2. The molecule has 8 nitrogen and oxygen atoms in total. The molecule has 0 aliphatic carbocycles. The number of benzene rings is 1. The highest BCUT2D eigenvalue weighted by Gasteiger charge is 2.36. The third-order valence-electron chi connectivity index (χ3n) is 8.20. The van der Waals surface area contributed by atoms with Gasteiger partial charge in [0.15, 0.2) is 0 Å². The fourth-order valence-electron chi connectivity index (χ4n) is 6.24. The van der Waals surface area contributed by atoms with E-state index in [9.17, 15) is 10.1 Å². The highest BCUT2D eigenvalue weighted by atomic mass is 16.1. The molecule has 8 heteroatoms. The third kappa shape index (κ3) is 6.16. The number of aromatic nitrogens is 2. The first-order chi connectivity index (χ1) is 19.4. The Hall–Kier alpha value is -3.41. The first-order valence-electron chi connectivity index (χ1n) is 14.9. The fourth-order valence-corrected chi connectivity index (χ4v) is 6.24. The number of H-pyrrole nitrogens is 1. The van der Waals surface area contributed by atoms with Crippen molar-refractivity contribution in [3.63, 3.8) is 0 Å². The highest BCUT2D eigenvalue weighted by Crippen LogP contribution is 2.32. The van der Waals surface area contributed by atoms with Crippen LogP contribution in [0.15, 0.2) is 41.2 Å². The van der Waals surface area contributed by atoms with Crippen molar-refractivity contribution in [1.29, 1.82) is 5.26 Å². The van der Waals surface area contributed by atoms with E-state index in [4.69, 9.17) is 4.98 Å². The number of piperazine rings is 2. The summed E-state index contributed by atoms with van der Waals surface area (Å²) in [5.74, 6) is 1.08. The molecule has 2 aliphatic heterocycles. The van der Waals surface area contributed by atoms with Crippen LogP contribution >= 0.6 is 0 Å². The molecule has 2 fully saturated rings. The molecule has 1 aromatic carbocycles. The molecule has 214 valence electrons. The van der Waals surface area contributed by atoms with E-state index >= 15 is 0 Å². The molecule has 0 spiro atoms. The van der Waals surface area contributed by atoms with E-state index in [1.165, 1.54) is 5.56 Å². The average Bonchev–Trinajstić information content (AvgIpc) is 2.97. The maximum absolute atomic E-state index is 12.0. The Labute approximate surface area is 239 Å². The lowest BCUT2D eigenvalue weighted by atomic mass is 10.0. The van der Waals surface area contributed by atoms with Crippen molar-refractivity contribution in [3.8, 4) is 6.07 Å². The van der Waals surface area contributed by atoms with Gasteiger partial charge >= 0.3 is 0 Å².